The molecule has 0 aromatic heterocycles. The van der Waals surface area contributed by atoms with Gasteiger partial charge in [-0.3, -0.25) is 4.90 Å². The molecule has 6 heteroatoms. The van der Waals surface area contributed by atoms with Gasteiger partial charge in [0.15, 0.2) is 0 Å². The van der Waals surface area contributed by atoms with Gasteiger partial charge in [0.2, 0.25) is 0 Å². The van der Waals surface area contributed by atoms with Crippen LogP contribution in [0.4, 0.5) is 5.69 Å². The monoisotopic (exact) mass is 679 g/mol. The van der Waals surface area contributed by atoms with Crippen LogP contribution < -0.4 is 9.62 Å². The third-order valence-electron chi connectivity index (χ3n) is 11.3. The summed E-state index contributed by atoms with van der Waals surface area (Å²) >= 11 is 1.56. The number of nitrogens with one attached hydrogen (secondary N) is 1. The predicted octanol–water partition coefficient (Wildman–Crippen LogP) is 9.60. The average Bonchev–Trinajstić information content (AvgIpc) is 3.94. The lowest BCUT2D eigenvalue weighted by atomic mass is 9.83. The number of rotatable bonds is 10. The van der Waals surface area contributed by atoms with E-state index in [9.17, 15) is 0 Å². The number of hydrogen-bond acceptors (Lipinski definition) is 6. The lowest BCUT2D eigenvalue weighted by molar-refractivity contribution is 0.0535. The minimum absolute atomic E-state index is 0.518. The van der Waals surface area contributed by atoms with Crippen LogP contribution in [0, 0.1) is 11.8 Å². The van der Waals surface area contributed by atoms with Crippen LogP contribution in [0.1, 0.15) is 100.0 Å². The van der Waals surface area contributed by atoms with E-state index in [1.807, 2.05) is 14.1 Å². The van der Waals surface area contributed by atoms with E-state index >= 15 is 0 Å². The highest BCUT2D eigenvalue weighted by Crippen LogP contribution is 2.42. The second-order valence-electron chi connectivity index (χ2n) is 15.5. The van der Waals surface area contributed by atoms with Crippen LogP contribution >= 0.6 is 12.1 Å². The van der Waals surface area contributed by atoms with Crippen molar-refractivity contribution in [1.82, 2.24) is 18.8 Å². The van der Waals surface area contributed by atoms with Crippen molar-refractivity contribution in [2.45, 2.75) is 90.6 Å². The van der Waals surface area contributed by atoms with E-state index in [-0.39, 0.29) is 0 Å². The summed E-state index contributed by atoms with van der Waals surface area (Å²) in [4.78, 5) is 7.82. The molecule has 2 heterocycles. The Kier molecular flexibility index (Phi) is 11.7. The number of aryl methyl sites for hydroxylation is 1. The van der Waals surface area contributed by atoms with E-state index in [1.54, 1.807) is 12.1 Å². The number of hydrogen-bond donors (Lipinski definition) is 1. The quantitative estimate of drug-likeness (QED) is 0.198. The molecular formula is C43H61N5S. The van der Waals surface area contributed by atoms with Gasteiger partial charge in [0.25, 0.3) is 0 Å². The molecule has 5 nitrogen and oxygen atoms in total. The fourth-order valence-corrected chi connectivity index (χ4v) is 8.66. The molecule has 0 spiro atoms. The second kappa shape index (κ2) is 16.0. The normalized spacial score (nSPS) is 24.6. The van der Waals surface area contributed by atoms with E-state index in [0.29, 0.717) is 18.0 Å². The van der Waals surface area contributed by atoms with E-state index < -0.39 is 0 Å². The van der Waals surface area contributed by atoms with Crippen LogP contribution in [0.15, 0.2) is 60.8 Å². The molecule has 264 valence electrons. The number of nitrogens with zero attached hydrogens (tertiary/aromatic N) is 4. The minimum Gasteiger partial charge on any atom is -0.370 e. The molecule has 1 saturated heterocycles. The zero-order valence-corrected chi connectivity index (χ0v) is 32.0. The molecule has 0 bridgehead atoms. The van der Waals surface area contributed by atoms with Gasteiger partial charge in [0, 0.05) is 80.1 Å². The first-order valence-corrected chi connectivity index (χ1v) is 19.8. The van der Waals surface area contributed by atoms with Crippen LogP contribution in [0.5, 0.6) is 0 Å². The lowest BCUT2D eigenvalue weighted by Gasteiger charge is -2.46. The van der Waals surface area contributed by atoms with Gasteiger partial charge < -0.3 is 14.5 Å². The van der Waals surface area contributed by atoms with Crippen molar-refractivity contribution in [3.63, 3.8) is 0 Å². The van der Waals surface area contributed by atoms with E-state index in [2.05, 4.69) is 107 Å². The Labute approximate surface area is 302 Å². The standard InChI is InChI=1S/C43H61N5S/c1-9-34-18-19-38-24-42(36-14-12-10-11-13-15-36)41-21-20-37(32(4)44-49-45(6)7)25-43(41)46(8)29-40(23-39(38)22-34)33(5)47-26-30(2)48(31(3)27-47)28-35-16-17-35/h18-25,30-31,35-36,44H,4-5,9-17,26-29H2,1-3,6-8H3/b40-23+,42-24+/t30-,31+. The van der Waals surface area contributed by atoms with Crippen LogP contribution in [0.3, 0.4) is 0 Å². The summed E-state index contributed by atoms with van der Waals surface area (Å²) in [5.41, 5.74) is 12.7. The Morgan fingerprint density at radius 1 is 0.898 bits per heavy atom. The Balaban J connectivity index is 1.44. The molecule has 2 aromatic carbocycles. The molecule has 2 aliphatic heterocycles. The smallest absolute Gasteiger partial charge is 0.0453 e. The Bertz CT molecular complexity index is 1550. The molecule has 2 atom stereocenters. The third kappa shape index (κ3) is 8.69. The van der Waals surface area contributed by atoms with Gasteiger partial charge >= 0.3 is 0 Å². The van der Waals surface area contributed by atoms with Crippen molar-refractivity contribution < 1.29 is 0 Å². The first-order chi connectivity index (χ1) is 23.6. The van der Waals surface area contributed by atoms with Gasteiger partial charge in [-0.25, -0.2) is 4.31 Å². The fourth-order valence-electron chi connectivity index (χ4n) is 8.25. The van der Waals surface area contributed by atoms with Gasteiger partial charge in [0.1, 0.15) is 0 Å². The van der Waals surface area contributed by atoms with Crippen molar-refractivity contribution in [3.8, 4) is 0 Å². The van der Waals surface area contributed by atoms with Crippen LogP contribution in [-0.2, 0) is 6.42 Å². The summed E-state index contributed by atoms with van der Waals surface area (Å²) in [5.74, 6) is 1.46. The maximum atomic E-state index is 4.85. The van der Waals surface area contributed by atoms with Crippen LogP contribution in [-0.4, -0.2) is 73.5 Å². The molecule has 6 rings (SSSR count). The summed E-state index contributed by atoms with van der Waals surface area (Å²) in [6, 6.07) is 15.2. The zero-order chi connectivity index (χ0) is 34.7. The van der Waals surface area contributed by atoms with Crippen molar-refractivity contribution in [3.05, 3.63) is 88.6 Å². The lowest BCUT2D eigenvalue weighted by Crippen LogP contribution is -2.56. The molecule has 2 saturated carbocycles. The fraction of sp³-hybridized carbons (Fsp3) is 0.535. The topological polar surface area (TPSA) is 25.0 Å². The highest BCUT2D eigenvalue weighted by Gasteiger charge is 2.35. The summed E-state index contributed by atoms with van der Waals surface area (Å²) in [5, 5.41) is 0. The maximum Gasteiger partial charge on any atom is 0.0453 e. The molecule has 0 radical (unpaired) electrons. The summed E-state index contributed by atoms with van der Waals surface area (Å²) in [6.07, 6.45) is 16.7. The zero-order valence-electron chi connectivity index (χ0n) is 31.2. The second-order valence-corrected chi connectivity index (χ2v) is 16.7. The van der Waals surface area contributed by atoms with Crippen molar-refractivity contribution >= 4 is 41.2 Å². The first-order valence-electron chi connectivity index (χ1n) is 19.0. The first kappa shape index (κ1) is 35.9. The molecule has 3 fully saturated rings. The average molecular weight is 680 g/mol. The van der Waals surface area contributed by atoms with Crippen molar-refractivity contribution in [1.29, 1.82) is 0 Å². The summed E-state index contributed by atoms with van der Waals surface area (Å²) < 4.78 is 5.51. The van der Waals surface area contributed by atoms with Crippen LogP contribution in [0.2, 0.25) is 0 Å². The SMILES string of the molecule is C=C(NSN(C)C)c1ccc2c(c1)N(C)C/C(C(=C)N1C[C@@H](C)N(CC3CC3)[C@@H](C)C1)=C\c1cc(CC)ccc1/C=C/2C1CCCCCC1. The molecule has 4 aliphatic rings. The van der Waals surface area contributed by atoms with Crippen LogP contribution in [0.25, 0.3) is 23.4 Å². The Morgan fingerprint density at radius 2 is 1.61 bits per heavy atom. The van der Waals surface area contributed by atoms with E-state index in [0.717, 1.165) is 43.2 Å². The molecule has 1 N–H and O–H groups in total. The third-order valence-corrected chi connectivity index (χ3v) is 12.0. The highest BCUT2D eigenvalue weighted by molar-refractivity contribution is 7.95. The number of piperazine rings is 1. The maximum absolute atomic E-state index is 4.85. The summed E-state index contributed by atoms with van der Waals surface area (Å²) in [6.45, 7) is 20.5. The number of likely N-dealkylation sites (N-methyl/N-ethyl adjacent to an activating group) is 1. The van der Waals surface area contributed by atoms with Gasteiger partial charge in [0.05, 0.1) is 0 Å². The molecule has 2 aromatic rings. The van der Waals surface area contributed by atoms with Gasteiger partial charge in [-0.05, 0) is 117 Å². The molecule has 0 amide bonds. The van der Waals surface area contributed by atoms with Gasteiger partial charge in [-0.2, -0.15) is 0 Å². The summed E-state index contributed by atoms with van der Waals surface area (Å²) in [7, 11) is 6.38. The number of fused-ring (bicyclic) bond motifs is 2. The Morgan fingerprint density at radius 3 is 2.27 bits per heavy atom. The number of anilines is 1. The van der Waals surface area contributed by atoms with Crippen molar-refractivity contribution in [2.75, 3.05) is 52.2 Å². The van der Waals surface area contributed by atoms with E-state index in [1.165, 1.54) is 103 Å². The Hall–Kier alpha value is -2.93. The minimum atomic E-state index is 0.518. The predicted molar refractivity (Wildman–Crippen MR) is 215 cm³/mol. The number of benzene rings is 2. The molecule has 0 unspecified atom stereocenters. The molecular weight excluding hydrogens is 619 g/mol. The molecule has 2 aliphatic carbocycles. The highest BCUT2D eigenvalue weighted by atomic mass is 32.2. The van der Waals surface area contributed by atoms with Crippen molar-refractivity contribution in [2.24, 2.45) is 11.8 Å². The van der Waals surface area contributed by atoms with Gasteiger partial charge in [-0.1, -0.05) is 82.2 Å². The molecule has 49 heavy (non-hydrogen) atoms. The van der Waals surface area contributed by atoms with Gasteiger partial charge in [-0.15, -0.1) is 0 Å². The van der Waals surface area contributed by atoms with E-state index in [4.69, 9.17) is 6.58 Å². The largest absolute Gasteiger partial charge is 0.370 e. The number of allylic oxidation sites excluding steroid dienone is 1.